The minimum atomic E-state index is -0.829. The molecule has 2 rings (SSSR count). The largest absolute Gasteiger partial charge is 0.481 e. The molecule has 1 aromatic heterocycles. The van der Waals surface area contributed by atoms with Crippen molar-refractivity contribution in [2.75, 3.05) is 12.4 Å². The number of carboxylic acid groups (broad SMARTS) is 1. The molecule has 7 nitrogen and oxygen atoms in total. The normalized spacial score (nSPS) is 24.6. The third-order valence-corrected chi connectivity index (χ3v) is 3.99. The first-order valence-corrected chi connectivity index (χ1v) is 6.81. The molecule has 2 unspecified atom stereocenters. The van der Waals surface area contributed by atoms with Gasteiger partial charge in [-0.1, -0.05) is 6.42 Å². The van der Waals surface area contributed by atoms with Crippen molar-refractivity contribution in [3.05, 3.63) is 17.6 Å². The molecule has 0 bridgehead atoms. The van der Waals surface area contributed by atoms with Crippen LogP contribution in [-0.2, 0) is 9.53 Å². The predicted molar refractivity (Wildman–Crippen MR) is 75.1 cm³/mol. The van der Waals surface area contributed by atoms with Gasteiger partial charge in [-0.2, -0.15) is 0 Å². The minimum absolute atomic E-state index is 0.0324. The maximum atomic E-state index is 11.5. The summed E-state index contributed by atoms with van der Waals surface area (Å²) in [6.45, 7) is 3.47. The highest BCUT2D eigenvalue weighted by Crippen LogP contribution is 2.39. The highest BCUT2D eigenvalue weighted by atomic mass is 16.5. The first kappa shape index (κ1) is 15.2. The number of methoxy groups -OCH3 is 1. The van der Waals surface area contributed by atoms with Crippen molar-refractivity contribution in [2.24, 2.45) is 5.41 Å². The van der Waals surface area contributed by atoms with Gasteiger partial charge in [0.1, 0.15) is 5.82 Å². The maximum absolute atomic E-state index is 11.5. The standard InChI is InChI=1S/C14H19N3O4/c1-8-7-10(17-11(15-8)12(18)21-3)16-9-5-4-6-14(9,2)13(19)20/h7,9H,4-6H2,1-3H3,(H,19,20)(H,15,16,17). The van der Waals surface area contributed by atoms with Crippen molar-refractivity contribution in [2.45, 2.75) is 39.2 Å². The average molecular weight is 293 g/mol. The van der Waals surface area contributed by atoms with Crippen LogP contribution in [0.1, 0.15) is 42.5 Å². The maximum Gasteiger partial charge on any atom is 0.376 e. The number of carbonyl (C=O) groups excluding carboxylic acids is 1. The molecule has 1 fully saturated rings. The third-order valence-electron chi connectivity index (χ3n) is 3.99. The van der Waals surface area contributed by atoms with E-state index in [9.17, 15) is 14.7 Å². The molecule has 114 valence electrons. The summed E-state index contributed by atoms with van der Waals surface area (Å²) < 4.78 is 4.61. The van der Waals surface area contributed by atoms with Crippen molar-refractivity contribution in [3.63, 3.8) is 0 Å². The summed E-state index contributed by atoms with van der Waals surface area (Å²) in [6, 6.07) is 1.46. The molecule has 0 amide bonds. The summed E-state index contributed by atoms with van der Waals surface area (Å²) in [5, 5.41) is 12.5. The lowest BCUT2D eigenvalue weighted by Gasteiger charge is -2.28. The summed E-state index contributed by atoms with van der Waals surface area (Å²) in [6.07, 6.45) is 2.21. The van der Waals surface area contributed by atoms with E-state index in [-0.39, 0.29) is 11.9 Å². The van der Waals surface area contributed by atoms with Gasteiger partial charge in [0.25, 0.3) is 0 Å². The number of rotatable bonds is 4. The zero-order valence-corrected chi connectivity index (χ0v) is 12.3. The van der Waals surface area contributed by atoms with Crippen molar-refractivity contribution >= 4 is 17.8 Å². The molecule has 2 N–H and O–H groups in total. The molecule has 7 heteroatoms. The number of anilines is 1. The molecule has 1 aromatic rings. The predicted octanol–water partition coefficient (Wildman–Crippen LogP) is 1.63. The quantitative estimate of drug-likeness (QED) is 0.813. The Balaban J connectivity index is 2.25. The van der Waals surface area contributed by atoms with Gasteiger partial charge in [-0.25, -0.2) is 14.8 Å². The number of aryl methyl sites for hydroxylation is 1. The summed E-state index contributed by atoms with van der Waals surface area (Å²) in [5.74, 6) is -1.03. The number of aromatic nitrogens is 2. The van der Waals surface area contributed by atoms with Crippen molar-refractivity contribution < 1.29 is 19.4 Å². The van der Waals surface area contributed by atoms with E-state index in [1.165, 1.54) is 7.11 Å². The van der Waals surface area contributed by atoms with Crippen LogP contribution in [0.5, 0.6) is 0 Å². The van der Waals surface area contributed by atoms with Crippen molar-refractivity contribution in [3.8, 4) is 0 Å². The van der Waals surface area contributed by atoms with Crippen LogP contribution in [0.15, 0.2) is 6.07 Å². The van der Waals surface area contributed by atoms with Crippen LogP contribution in [0.25, 0.3) is 0 Å². The van der Waals surface area contributed by atoms with E-state index >= 15 is 0 Å². The molecule has 0 saturated heterocycles. The smallest absolute Gasteiger partial charge is 0.376 e. The fourth-order valence-corrected chi connectivity index (χ4v) is 2.66. The number of nitrogens with zero attached hydrogens (tertiary/aromatic N) is 2. The number of nitrogens with one attached hydrogen (secondary N) is 1. The highest BCUT2D eigenvalue weighted by Gasteiger charge is 2.45. The van der Waals surface area contributed by atoms with E-state index in [1.54, 1.807) is 19.9 Å². The second-order valence-electron chi connectivity index (χ2n) is 5.52. The van der Waals surface area contributed by atoms with E-state index < -0.39 is 17.4 Å². The molecular weight excluding hydrogens is 274 g/mol. The third kappa shape index (κ3) is 2.96. The Kier molecular flexibility index (Phi) is 4.11. The van der Waals surface area contributed by atoms with Gasteiger partial charge in [0, 0.05) is 17.8 Å². The Morgan fingerprint density at radius 2 is 2.19 bits per heavy atom. The first-order valence-electron chi connectivity index (χ1n) is 6.81. The van der Waals surface area contributed by atoms with Crippen LogP contribution in [0.3, 0.4) is 0 Å². The second kappa shape index (κ2) is 5.67. The lowest BCUT2D eigenvalue weighted by molar-refractivity contribution is -0.147. The van der Waals surface area contributed by atoms with Crippen LogP contribution in [0.4, 0.5) is 5.82 Å². The Hall–Kier alpha value is -2.18. The molecule has 0 aromatic carbocycles. The van der Waals surface area contributed by atoms with E-state index in [2.05, 4.69) is 20.0 Å². The van der Waals surface area contributed by atoms with E-state index in [0.29, 0.717) is 17.9 Å². The Bertz CT molecular complexity index is 575. The second-order valence-corrected chi connectivity index (χ2v) is 5.52. The van der Waals surface area contributed by atoms with Gasteiger partial charge in [-0.05, 0) is 26.7 Å². The molecule has 1 aliphatic rings. The fraction of sp³-hybridized carbons (Fsp3) is 0.571. The number of ether oxygens (including phenoxy) is 1. The summed E-state index contributed by atoms with van der Waals surface area (Å²) in [5.41, 5.74) is -0.215. The van der Waals surface area contributed by atoms with E-state index in [1.807, 2.05) is 0 Å². The number of hydrogen-bond acceptors (Lipinski definition) is 6. The molecule has 0 radical (unpaired) electrons. The lowest BCUT2D eigenvalue weighted by atomic mass is 9.85. The van der Waals surface area contributed by atoms with Gasteiger partial charge in [0.2, 0.25) is 5.82 Å². The Morgan fingerprint density at radius 1 is 1.48 bits per heavy atom. The van der Waals surface area contributed by atoms with Crippen LogP contribution in [-0.4, -0.2) is 40.2 Å². The highest BCUT2D eigenvalue weighted by molar-refractivity contribution is 5.85. The molecule has 0 spiro atoms. The van der Waals surface area contributed by atoms with Gasteiger partial charge in [0.15, 0.2) is 0 Å². The minimum Gasteiger partial charge on any atom is -0.481 e. The average Bonchev–Trinajstić information content (AvgIpc) is 2.80. The van der Waals surface area contributed by atoms with Crippen molar-refractivity contribution in [1.29, 1.82) is 0 Å². The van der Waals surface area contributed by atoms with Crippen molar-refractivity contribution in [1.82, 2.24) is 9.97 Å². The molecule has 0 aliphatic heterocycles. The van der Waals surface area contributed by atoms with Gasteiger partial charge in [-0.3, -0.25) is 4.79 Å². The monoisotopic (exact) mass is 293 g/mol. The topological polar surface area (TPSA) is 101 Å². The molecule has 1 saturated carbocycles. The zero-order chi connectivity index (χ0) is 15.6. The van der Waals surface area contributed by atoms with Crippen LogP contribution >= 0.6 is 0 Å². The number of carboxylic acids is 1. The van der Waals surface area contributed by atoms with Crippen LogP contribution in [0, 0.1) is 12.3 Å². The number of esters is 1. The molecule has 21 heavy (non-hydrogen) atoms. The first-order chi connectivity index (χ1) is 9.86. The van der Waals surface area contributed by atoms with Crippen LogP contribution in [0.2, 0.25) is 0 Å². The Morgan fingerprint density at radius 3 is 2.81 bits per heavy atom. The molecule has 1 aliphatic carbocycles. The number of aliphatic carboxylic acids is 1. The Labute approximate surface area is 122 Å². The van der Waals surface area contributed by atoms with E-state index in [4.69, 9.17) is 0 Å². The fourth-order valence-electron chi connectivity index (χ4n) is 2.66. The molecular formula is C14H19N3O4. The lowest BCUT2D eigenvalue weighted by Crippen LogP contribution is -2.40. The SMILES string of the molecule is COC(=O)c1nc(C)cc(NC2CCCC2(C)C(=O)O)n1. The number of carbonyl (C=O) groups is 2. The summed E-state index contributed by atoms with van der Waals surface area (Å²) >= 11 is 0. The van der Waals surface area contributed by atoms with E-state index in [0.717, 1.165) is 12.8 Å². The van der Waals surface area contributed by atoms with Gasteiger partial charge < -0.3 is 15.2 Å². The summed E-state index contributed by atoms with van der Waals surface area (Å²) in [7, 11) is 1.26. The molecule has 1 heterocycles. The zero-order valence-electron chi connectivity index (χ0n) is 12.3. The van der Waals surface area contributed by atoms with Gasteiger partial charge in [-0.15, -0.1) is 0 Å². The molecule has 2 atom stereocenters. The summed E-state index contributed by atoms with van der Waals surface area (Å²) in [4.78, 5) is 31.1. The van der Waals surface area contributed by atoms with Gasteiger partial charge >= 0.3 is 11.9 Å². The number of hydrogen-bond donors (Lipinski definition) is 2. The van der Waals surface area contributed by atoms with Gasteiger partial charge in [0.05, 0.1) is 12.5 Å². The van der Waals surface area contributed by atoms with Crippen LogP contribution < -0.4 is 5.32 Å².